The molecule has 3 aromatic rings. The second-order valence-corrected chi connectivity index (χ2v) is 13.7. The highest BCUT2D eigenvalue weighted by Crippen LogP contribution is 2.66. The van der Waals surface area contributed by atoms with E-state index in [4.69, 9.17) is 27.9 Å². The fourth-order valence-electron chi connectivity index (χ4n) is 7.67. The zero-order valence-corrected chi connectivity index (χ0v) is 26.7. The smallest absolute Gasteiger partial charge is 0.258 e. The number of benzene rings is 3. The van der Waals surface area contributed by atoms with Crippen LogP contribution in [0.1, 0.15) is 29.9 Å². The second-order valence-electron chi connectivity index (χ2n) is 12.4. The molecule has 3 fully saturated rings. The number of phenolic OH excluding ortho intramolecular Hbond substituents is 1. The maximum atomic E-state index is 15.2. The van der Waals surface area contributed by atoms with E-state index in [-0.39, 0.29) is 34.8 Å². The molecule has 2 heterocycles. The number of amides is 4. The maximum Gasteiger partial charge on any atom is 0.258 e. The third-order valence-corrected chi connectivity index (χ3v) is 11.4. The lowest BCUT2D eigenvalue weighted by Gasteiger charge is -2.50. The molecule has 3 aromatic carbocycles. The van der Waals surface area contributed by atoms with E-state index in [0.717, 1.165) is 10.5 Å². The molecule has 0 bridgehead atoms. The summed E-state index contributed by atoms with van der Waals surface area (Å²) in [4.78, 5) is 50.1. The van der Waals surface area contributed by atoms with Crippen molar-refractivity contribution in [2.45, 2.75) is 35.1 Å². The molecule has 2 aliphatic heterocycles. The number of aromatic hydroxyl groups is 1. The molecule has 0 spiro atoms. The van der Waals surface area contributed by atoms with Crippen molar-refractivity contribution < 1.29 is 51.0 Å². The minimum Gasteiger partial charge on any atom is -0.508 e. The number of fused-ring (bicyclic) bond motifs is 4. The summed E-state index contributed by atoms with van der Waals surface area (Å²) in [5.74, 6) is -21.7. The van der Waals surface area contributed by atoms with Crippen LogP contribution < -0.4 is 9.64 Å². The van der Waals surface area contributed by atoms with Crippen LogP contribution in [0.25, 0.3) is 0 Å². The number of hydrogen-bond acceptors (Lipinski definition) is 6. The van der Waals surface area contributed by atoms with Gasteiger partial charge in [0.2, 0.25) is 17.6 Å². The quantitative estimate of drug-likeness (QED) is 0.0885. The number of alkyl halides is 2. The Labute approximate surface area is 284 Å². The van der Waals surface area contributed by atoms with E-state index in [0.29, 0.717) is 0 Å². The Kier molecular flexibility index (Phi) is 7.60. The van der Waals surface area contributed by atoms with E-state index in [1.54, 1.807) is 18.2 Å². The highest BCUT2D eigenvalue weighted by atomic mass is 35.5. The Hall–Kier alpha value is -4.49. The Balaban J connectivity index is 1.40. The average molecular weight is 721 g/mol. The van der Waals surface area contributed by atoms with E-state index in [2.05, 4.69) is 0 Å². The number of anilines is 1. The molecule has 2 saturated heterocycles. The summed E-state index contributed by atoms with van der Waals surface area (Å²) >= 11 is 14.1. The molecule has 0 aromatic heterocycles. The van der Waals surface area contributed by atoms with E-state index in [9.17, 15) is 37.5 Å². The molecule has 15 heteroatoms. The lowest BCUT2D eigenvalue weighted by atomic mass is 9.56. The maximum absolute atomic E-state index is 15.2. The van der Waals surface area contributed by atoms with Gasteiger partial charge in [-0.3, -0.25) is 24.1 Å². The first-order valence-corrected chi connectivity index (χ1v) is 15.7. The fraction of sp³-hybridized carbons (Fsp3) is 0.294. The van der Waals surface area contributed by atoms with E-state index in [1.807, 2.05) is 18.2 Å². The van der Waals surface area contributed by atoms with Gasteiger partial charge in [0.15, 0.2) is 33.0 Å². The zero-order valence-electron chi connectivity index (χ0n) is 25.2. The molecule has 0 radical (unpaired) electrons. The number of imide groups is 2. The van der Waals surface area contributed by atoms with Crippen molar-refractivity contribution in [3.05, 3.63) is 100 Å². The SMILES string of the molecule is CN1C(=O)[C@H]2[C@H](CC=C3[C@H]2C[C@@]2(Cl)C(=O)N(c4c(F)c(F)c(F)c(F)c4F)C(=O)[C@@]2(Cl)[C@H]3c2ccc(OCc3ccccc3)cc2O)C1=O. The molecule has 1 saturated carbocycles. The van der Waals surface area contributed by atoms with Gasteiger partial charge in [-0.2, -0.15) is 0 Å². The third kappa shape index (κ3) is 4.40. The lowest BCUT2D eigenvalue weighted by molar-refractivity contribution is -0.138. The van der Waals surface area contributed by atoms with Gasteiger partial charge in [-0.25, -0.2) is 26.9 Å². The number of hydrogen-bond donors (Lipinski definition) is 1. The third-order valence-electron chi connectivity index (χ3n) is 10.0. The van der Waals surface area contributed by atoms with Crippen molar-refractivity contribution in [2.75, 3.05) is 11.9 Å². The molecule has 6 atom stereocenters. The van der Waals surface area contributed by atoms with Crippen LogP contribution in [-0.2, 0) is 25.8 Å². The van der Waals surface area contributed by atoms with Gasteiger partial charge in [0.1, 0.15) is 23.8 Å². The molecule has 7 rings (SSSR count). The summed E-state index contributed by atoms with van der Waals surface area (Å²) in [6, 6.07) is 13.0. The number of phenols is 1. The highest BCUT2D eigenvalue weighted by molar-refractivity contribution is 6.58. The van der Waals surface area contributed by atoms with Gasteiger partial charge in [0.05, 0.1) is 11.8 Å². The number of allylic oxidation sites excluding steroid dienone is 2. The minimum absolute atomic E-state index is 0.00725. The first-order chi connectivity index (χ1) is 23.1. The molecule has 4 amide bonds. The van der Waals surface area contributed by atoms with E-state index >= 15 is 8.78 Å². The van der Waals surface area contributed by atoms with Crippen molar-refractivity contribution >= 4 is 52.5 Å². The van der Waals surface area contributed by atoms with Crippen molar-refractivity contribution in [3.8, 4) is 11.5 Å². The Morgan fingerprint density at radius 1 is 0.857 bits per heavy atom. The number of carbonyl (C=O) groups excluding carboxylic acids is 4. The monoisotopic (exact) mass is 720 g/mol. The van der Waals surface area contributed by atoms with Crippen molar-refractivity contribution in [2.24, 2.45) is 17.8 Å². The fourth-order valence-corrected chi connectivity index (χ4v) is 8.59. The van der Waals surface area contributed by atoms with Gasteiger partial charge in [-0.05, 0) is 30.4 Å². The number of rotatable bonds is 5. The van der Waals surface area contributed by atoms with Crippen molar-refractivity contribution in [1.29, 1.82) is 0 Å². The molecule has 8 nitrogen and oxygen atoms in total. The Morgan fingerprint density at radius 3 is 2.12 bits per heavy atom. The van der Waals surface area contributed by atoms with Gasteiger partial charge in [-0.15, -0.1) is 23.2 Å². The number of ether oxygens (including phenoxy) is 1. The summed E-state index contributed by atoms with van der Waals surface area (Å²) in [5, 5.41) is 11.4. The van der Waals surface area contributed by atoms with Crippen LogP contribution >= 0.6 is 23.2 Å². The minimum atomic E-state index is -2.75. The molecule has 1 N–H and O–H groups in total. The summed E-state index contributed by atoms with van der Waals surface area (Å²) in [6.45, 7) is 0.108. The summed E-state index contributed by atoms with van der Waals surface area (Å²) in [6.07, 6.45) is 0.899. The predicted octanol–water partition coefficient (Wildman–Crippen LogP) is 5.86. The van der Waals surface area contributed by atoms with Crippen LogP contribution in [0.2, 0.25) is 0 Å². The number of halogens is 7. The largest absolute Gasteiger partial charge is 0.508 e. The lowest BCUT2D eigenvalue weighted by Crippen LogP contribution is -2.60. The van der Waals surface area contributed by atoms with Crippen LogP contribution in [0.3, 0.4) is 0 Å². The molecular weight excluding hydrogens is 698 g/mol. The second kappa shape index (κ2) is 11.3. The van der Waals surface area contributed by atoms with Crippen LogP contribution in [0.4, 0.5) is 27.6 Å². The van der Waals surface area contributed by atoms with E-state index in [1.165, 1.54) is 25.2 Å². The Bertz CT molecular complexity index is 2000. The Morgan fingerprint density at radius 2 is 1.49 bits per heavy atom. The van der Waals surface area contributed by atoms with Gasteiger partial charge >= 0.3 is 0 Å². The van der Waals surface area contributed by atoms with Gasteiger partial charge in [0, 0.05) is 24.6 Å². The zero-order chi connectivity index (χ0) is 35.3. The molecule has 4 aliphatic rings. The average Bonchev–Trinajstić information content (AvgIpc) is 3.40. The van der Waals surface area contributed by atoms with Crippen LogP contribution in [0, 0.1) is 46.8 Å². The summed E-state index contributed by atoms with van der Waals surface area (Å²) in [7, 11) is 1.28. The van der Waals surface area contributed by atoms with Crippen molar-refractivity contribution in [1.82, 2.24) is 4.90 Å². The molecule has 0 unspecified atom stereocenters. The molecule has 254 valence electrons. The standard InChI is InChI=1S/C34H23Cl2F5N2O6/c1-42-29(45)18-10-9-16-19(21(18)30(42)46)12-33(35)31(47)43(28-26(40)24(38)23(37)25(39)27(28)41)32(48)34(33,36)22(16)17-8-7-15(11-20(17)44)49-13-14-5-3-2-4-6-14/h2-9,11,18-19,21-22,44H,10,12-13H2,1H3/t18-,19+,21-,22+,33+,34-/m0/s1. The van der Waals surface area contributed by atoms with Crippen LogP contribution in [0.15, 0.2) is 60.2 Å². The first kappa shape index (κ1) is 33.0. The topological polar surface area (TPSA) is 104 Å². The summed E-state index contributed by atoms with van der Waals surface area (Å²) in [5.41, 5.74) is -0.974. The first-order valence-electron chi connectivity index (χ1n) is 14.9. The number of nitrogens with zero attached hydrogens (tertiary/aromatic N) is 2. The van der Waals surface area contributed by atoms with Gasteiger partial charge in [-0.1, -0.05) is 48.0 Å². The normalized spacial score (nSPS) is 29.2. The van der Waals surface area contributed by atoms with Gasteiger partial charge < -0.3 is 9.84 Å². The number of carbonyl (C=O) groups is 4. The highest BCUT2D eigenvalue weighted by Gasteiger charge is 2.77. The number of likely N-dealkylation sites (tertiary alicyclic amines) is 1. The van der Waals surface area contributed by atoms with E-state index < -0.39 is 104 Å². The van der Waals surface area contributed by atoms with Gasteiger partial charge in [0.25, 0.3) is 11.8 Å². The summed E-state index contributed by atoms with van der Waals surface area (Å²) < 4.78 is 78.8. The molecule has 2 aliphatic carbocycles. The predicted molar refractivity (Wildman–Crippen MR) is 163 cm³/mol. The van der Waals surface area contributed by atoms with Crippen LogP contribution in [0.5, 0.6) is 11.5 Å². The molecular formula is C34H23Cl2F5N2O6. The van der Waals surface area contributed by atoms with Crippen molar-refractivity contribution in [3.63, 3.8) is 0 Å². The molecule has 49 heavy (non-hydrogen) atoms. The van der Waals surface area contributed by atoms with Crippen LogP contribution in [-0.4, -0.2) is 50.4 Å².